The highest BCUT2D eigenvalue weighted by molar-refractivity contribution is 6.35. The zero-order valence-corrected chi connectivity index (χ0v) is 24.0. The summed E-state index contributed by atoms with van der Waals surface area (Å²) in [6.45, 7) is 6.15. The topological polar surface area (TPSA) is 103 Å². The molecule has 41 heavy (non-hydrogen) atoms. The van der Waals surface area contributed by atoms with Crippen molar-refractivity contribution in [3.8, 4) is 5.69 Å². The third-order valence-corrected chi connectivity index (χ3v) is 9.26. The third-order valence-electron chi connectivity index (χ3n) is 8.70. The summed E-state index contributed by atoms with van der Waals surface area (Å²) in [7, 11) is 0. The van der Waals surface area contributed by atoms with Gasteiger partial charge in [-0.25, -0.2) is 0 Å². The summed E-state index contributed by atoms with van der Waals surface area (Å²) in [6.07, 6.45) is 3.42. The molecule has 3 saturated heterocycles. The monoisotopic (exact) mass is 594 g/mol. The van der Waals surface area contributed by atoms with Crippen molar-refractivity contribution < 1.29 is 19.1 Å². The number of morpholine rings is 1. The Morgan fingerprint density at radius 2 is 1.88 bits per heavy atom. The van der Waals surface area contributed by atoms with Gasteiger partial charge >= 0.3 is 0 Å². The van der Waals surface area contributed by atoms with Gasteiger partial charge in [-0.05, 0) is 47.5 Å². The van der Waals surface area contributed by atoms with Gasteiger partial charge in [-0.2, -0.15) is 4.68 Å². The maximum Gasteiger partial charge on any atom is 0.230 e. The van der Waals surface area contributed by atoms with Crippen molar-refractivity contribution in [3.63, 3.8) is 0 Å². The van der Waals surface area contributed by atoms with Crippen LogP contribution in [0.25, 0.3) is 5.69 Å². The van der Waals surface area contributed by atoms with Gasteiger partial charge in [-0.15, -0.1) is 5.10 Å². The Balaban J connectivity index is 1.34. The predicted octanol–water partition coefficient (Wildman–Crippen LogP) is 3.32. The van der Waals surface area contributed by atoms with Gasteiger partial charge in [0, 0.05) is 28.7 Å². The number of rotatable bonds is 5. The molecular weight excluding hydrogens is 567 g/mol. The first kappa shape index (κ1) is 26.6. The maximum atomic E-state index is 14.5. The summed E-state index contributed by atoms with van der Waals surface area (Å²) in [5.74, 6) is -1.15. The third kappa shape index (κ3) is 4.11. The molecule has 0 unspecified atom stereocenters. The number of para-hydroxylation sites is 1. The summed E-state index contributed by atoms with van der Waals surface area (Å²) in [4.78, 5) is 31.8. The van der Waals surface area contributed by atoms with Crippen molar-refractivity contribution in [2.75, 3.05) is 32.8 Å². The molecule has 4 aliphatic heterocycles. The average molecular weight is 595 g/mol. The maximum absolute atomic E-state index is 14.5. The Labute approximate surface area is 246 Å². The number of ether oxygens (including phenoxy) is 2. The van der Waals surface area contributed by atoms with Crippen LogP contribution >= 0.6 is 23.2 Å². The van der Waals surface area contributed by atoms with Crippen LogP contribution in [0.5, 0.6) is 0 Å². The smallest absolute Gasteiger partial charge is 0.230 e. The summed E-state index contributed by atoms with van der Waals surface area (Å²) < 4.78 is 13.6. The lowest BCUT2D eigenvalue weighted by Gasteiger charge is -2.33. The van der Waals surface area contributed by atoms with Gasteiger partial charge < -0.3 is 19.3 Å². The van der Waals surface area contributed by atoms with Crippen LogP contribution in [-0.4, -0.2) is 86.4 Å². The van der Waals surface area contributed by atoms with Crippen LogP contribution in [0.1, 0.15) is 28.6 Å². The van der Waals surface area contributed by atoms with E-state index in [0.717, 1.165) is 16.8 Å². The Bertz CT molecular complexity index is 1570. The molecule has 12 heteroatoms. The number of tetrazole rings is 1. The van der Waals surface area contributed by atoms with Gasteiger partial charge in [0.2, 0.25) is 11.8 Å². The first-order valence-electron chi connectivity index (χ1n) is 13.6. The highest BCUT2D eigenvalue weighted by Gasteiger charge is 2.68. The molecule has 4 aliphatic rings. The second-order valence-corrected chi connectivity index (χ2v) is 11.9. The number of carbonyl (C=O) groups is 2. The van der Waals surface area contributed by atoms with Crippen molar-refractivity contribution in [1.82, 2.24) is 30.0 Å². The highest BCUT2D eigenvalue weighted by Crippen LogP contribution is 2.54. The van der Waals surface area contributed by atoms with E-state index in [0.29, 0.717) is 47.7 Å². The van der Waals surface area contributed by atoms with Crippen molar-refractivity contribution in [1.29, 1.82) is 0 Å². The molecule has 10 nitrogen and oxygen atoms in total. The van der Waals surface area contributed by atoms with E-state index < -0.39 is 29.6 Å². The van der Waals surface area contributed by atoms with Gasteiger partial charge in [-0.3, -0.25) is 9.59 Å². The van der Waals surface area contributed by atoms with Crippen LogP contribution in [0, 0.1) is 25.7 Å². The van der Waals surface area contributed by atoms with Crippen LogP contribution in [0.4, 0.5) is 0 Å². The number of halogens is 2. The van der Waals surface area contributed by atoms with Crippen LogP contribution in [0.3, 0.4) is 0 Å². The Kier molecular flexibility index (Phi) is 6.42. The molecule has 7 rings (SSSR count). The van der Waals surface area contributed by atoms with Gasteiger partial charge in [0.25, 0.3) is 0 Å². The van der Waals surface area contributed by atoms with Gasteiger partial charge in [0.1, 0.15) is 11.6 Å². The number of amides is 2. The van der Waals surface area contributed by atoms with E-state index in [9.17, 15) is 9.59 Å². The van der Waals surface area contributed by atoms with Crippen molar-refractivity contribution in [2.24, 2.45) is 11.8 Å². The molecule has 5 atom stereocenters. The van der Waals surface area contributed by atoms with Crippen molar-refractivity contribution in [3.05, 3.63) is 81.1 Å². The molecular formula is C29H28Cl2N6O4. The highest BCUT2D eigenvalue weighted by atomic mass is 35.5. The van der Waals surface area contributed by atoms with Crippen LogP contribution < -0.4 is 0 Å². The summed E-state index contributed by atoms with van der Waals surface area (Å²) in [5.41, 5.74) is 2.47. The molecule has 1 aromatic heterocycles. The fourth-order valence-corrected chi connectivity index (χ4v) is 7.37. The normalized spacial score (nSPS) is 27.5. The number of aryl methyl sites for hydroxylation is 2. The van der Waals surface area contributed by atoms with Gasteiger partial charge in [0.05, 0.1) is 43.4 Å². The zero-order valence-electron chi connectivity index (χ0n) is 22.5. The Morgan fingerprint density at radius 3 is 2.61 bits per heavy atom. The molecule has 0 N–H and O–H groups in total. The first-order valence-corrected chi connectivity index (χ1v) is 14.4. The molecule has 3 aromatic rings. The first-order chi connectivity index (χ1) is 19.8. The second-order valence-electron chi connectivity index (χ2n) is 11.1. The fourth-order valence-electron chi connectivity index (χ4n) is 6.86. The number of carbonyl (C=O) groups excluding carboxylic acids is 2. The van der Waals surface area contributed by atoms with Gasteiger partial charge in [0.15, 0.2) is 5.82 Å². The minimum Gasteiger partial charge on any atom is -0.378 e. The van der Waals surface area contributed by atoms with Crippen LogP contribution in [0.2, 0.25) is 10.0 Å². The van der Waals surface area contributed by atoms with E-state index in [1.54, 1.807) is 32.7 Å². The molecule has 2 bridgehead atoms. The number of nitrogens with zero attached hydrogens (tertiary/aromatic N) is 6. The lowest BCUT2D eigenvalue weighted by atomic mass is 9.76. The number of hydrogen-bond acceptors (Lipinski definition) is 7. The van der Waals surface area contributed by atoms with E-state index >= 15 is 0 Å². The Hall–Kier alpha value is -3.31. The second kappa shape index (κ2) is 9.90. The molecule has 3 fully saturated rings. The summed E-state index contributed by atoms with van der Waals surface area (Å²) in [6, 6.07) is 10.4. The quantitative estimate of drug-likeness (QED) is 0.417. The van der Waals surface area contributed by atoms with Crippen molar-refractivity contribution >= 4 is 35.0 Å². The summed E-state index contributed by atoms with van der Waals surface area (Å²) in [5, 5.41) is 13.7. The molecule has 2 aromatic carbocycles. The molecule has 1 spiro atoms. The SMILES string of the molecule is Cc1cccc(C)c1-n1nnnc1[C@H](c1ccc(Cl)cc1Cl)N1C[C@@]23C=C[C@@H](O2)[C@@H](C(=O)N2CCOCC2)[C@@H]3C1=O. The number of aromatic nitrogens is 4. The zero-order chi connectivity index (χ0) is 28.5. The van der Waals surface area contributed by atoms with E-state index in [4.69, 9.17) is 32.7 Å². The van der Waals surface area contributed by atoms with E-state index in [1.807, 2.05) is 44.2 Å². The molecule has 2 amide bonds. The standard InChI is InChI=1S/C29H28Cl2N6O4/c1-16-4-3-5-17(2)24(16)37-26(32-33-34-37)25(19-7-6-18(30)14-20(19)31)36-15-29-9-8-21(41-29)22(23(29)28(36)39)27(38)35-10-12-40-13-11-35/h3-9,14,21-23,25H,10-13,15H2,1-2H3/t21-,22-,23-,25+,29-/m1/s1. The van der Waals surface area contributed by atoms with Crippen LogP contribution in [-0.2, 0) is 19.1 Å². The minimum absolute atomic E-state index is 0.0776. The lowest BCUT2D eigenvalue weighted by molar-refractivity contribution is -0.146. The number of hydrogen-bond donors (Lipinski definition) is 0. The lowest BCUT2D eigenvalue weighted by Crippen LogP contribution is -2.49. The minimum atomic E-state index is -0.928. The molecule has 0 saturated carbocycles. The largest absolute Gasteiger partial charge is 0.378 e. The van der Waals surface area contributed by atoms with Crippen molar-refractivity contribution in [2.45, 2.75) is 31.6 Å². The predicted molar refractivity (Wildman–Crippen MR) is 150 cm³/mol. The van der Waals surface area contributed by atoms with E-state index in [-0.39, 0.29) is 18.4 Å². The van der Waals surface area contributed by atoms with E-state index in [2.05, 4.69) is 15.5 Å². The number of benzene rings is 2. The number of fused-ring (bicyclic) bond motifs is 1. The van der Waals surface area contributed by atoms with Crippen LogP contribution in [0.15, 0.2) is 48.6 Å². The summed E-state index contributed by atoms with van der Waals surface area (Å²) >= 11 is 13.1. The molecule has 212 valence electrons. The molecule has 0 aliphatic carbocycles. The number of likely N-dealkylation sites (tertiary alicyclic amines) is 1. The molecule has 5 heterocycles. The van der Waals surface area contributed by atoms with E-state index in [1.165, 1.54) is 0 Å². The molecule has 0 radical (unpaired) electrons. The average Bonchev–Trinajstić information content (AvgIpc) is 3.72. The Morgan fingerprint density at radius 1 is 1.12 bits per heavy atom. The van der Waals surface area contributed by atoms with Gasteiger partial charge in [-0.1, -0.05) is 59.6 Å². The fraction of sp³-hybridized carbons (Fsp3) is 0.414.